The van der Waals surface area contributed by atoms with Crippen LogP contribution in [0.3, 0.4) is 0 Å². The van der Waals surface area contributed by atoms with Gasteiger partial charge in [0.2, 0.25) is 0 Å². The Balaban J connectivity index is 2.22. The summed E-state index contributed by atoms with van der Waals surface area (Å²) in [5.74, 6) is 0.581. The minimum atomic E-state index is -5.49. The van der Waals surface area contributed by atoms with Crippen molar-refractivity contribution in [2.45, 2.75) is 5.51 Å². The van der Waals surface area contributed by atoms with Crippen LogP contribution >= 0.6 is 39.1 Å². The minimum absolute atomic E-state index is 0.232. The molecule has 0 spiro atoms. The van der Waals surface area contributed by atoms with Crippen molar-refractivity contribution in [2.24, 2.45) is 0 Å². The van der Waals surface area contributed by atoms with Crippen LogP contribution in [0.2, 0.25) is 10.0 Å². The van der Waals surface area contributed by atoms with Crippen molar-refractivity contribution >= 4 is 54.8 Å². The highest BCUT2D eigenvalue weighted by Gasteiger charge is 2.46. The van der Waals surface area contributed by atoms with Crippen LogP contribution < -0.4 is 9.46 Å². The van der Waals surface area contributed by atoms with E-state index in [1.165, 1.54) is 22.9 Å². The van der Waals surface area contributed by atoms with E-state index in [2.05, 4.69) is 15.9 Å². The van der Waals surface area contributed by atoms with E-state index in [0.717, 1.165) is 12.1 Å². The summed E-state index contributed by atoms with van der Waals surface area (Å²) in [5, 5.41) is 0.597. The fraction of sp³-hybridized carbons (Fsp3) is 0.0769. The predicted molar refractivity (Wildman–Crippen MR) is 89.3 cm³/mol. The minimum Gasteiger partial charge on any atom is -0.456 e. The van der Waals surface area contributed by atoms with Gasteiger partial charge in [0.1, 0.15) is 11.5 Å². The lowest BCUT2D eigenvalue weighted by Gasteiger charge is -2.13. The molecule has 2 aromatic carbocycles. The Bertz CT molecular complexity index is 875. The van der Waals surface area contributed by atoms with Crippen molar-refractivity contribution in [1.29, 1.82) is 0 Å². The fourth-order valence-electron chi connectivity index (χ4n) is 1.53. The molecule has 0 heterocycles. The smallest absolute Gasteiger partial charge is 0.456 e. The average molecular weight is 465 g/mol. The van der Waals surface area contributed by atoms with E-state index in [0.29, 0.717) is 10.8 Å². The Kier molecular flexibility index (Phi) is 5.58. The van der Waals surface area contributed by atoms with Crippen LogP contribution in [0, 0.1) is 0 Å². The van der Waals surface area contributed by atoms with Crippen LogP contribution in [0.4, 0.5) is 18.9 Å². The molecule has 0 aliphatic carbocycles. The van der Waals surface area contributed by atoms with E-state index in [9.17, 15) is 21.6 Å². The Morgan fingerprint density at radius 2 is 1.71 bits per heavy atom. The first-order chi connectivity index (χ1) is 11.0. The molecule has 0 atom stereocenters. The highest BCUT2D eigenvalue weighted by atomic mass is 79.9. The first-order valence-electron chi connectivity index (χ1n) is 6.01. The second-order valence-electron chi connectivity index (χ2n) is 4.37. The average Bonchev–Trinajstić information content (AvgIpc) is 2.44. The zero-order chi connectivity index (χ0) is 18.1. The molecule has 0 aliphatic rings. The second kappa shape index (κ2) is 6.99. The number of anilines is 1. The highest BCUT2D eigenvalue weighted by Crippen LogP contribution is 2.35. The molecule has 0 aliphatic heterocycles. The Hall–Kier alpha value is -1.16. The number of rotatable bonds is 4. The number of nitrogens with one attached hydrogen (secondary N) is 1. The van der Waals surface area contributed by atoms with E-state index in [1.807, 2.05) is 0 Å². The molecule has 0 saturated heterocycles. The standard InChI is InChI=1S/C13H7BrCl2F3NO3S/c14-9-5-7(20-24(21,22)13(17,18)19)1-4-12(9)23-8-2-3-10(15)11(16)6-8/h1-6,20H. The molecule has 0 bridgehead atoms. The predicted octanol–water partition coefficient (Wildman–Crippen LogP) is 5.81. The zero-order valence-corrected chi connectivity index (χ0v) is 15.3. The zero-order valence-electron chi connectivity index (χ0n) is 11.4. The van der Waals surface area contributed by atoms with Gasteiger partial charge in [-0.05, 0) is 46.3 Å². The molecule has 130 valence electrons. The molecule has 2 rings (SSSR count). The molecular weight excluding hydrogens is 458 g/mol. The Morgan fingerprint density at radius 1 is 1.04 bits per heavy atom. The number of halogens is 6. The molecule has 0 fully saturated rings. The van der Waals surface area contributed by atoms with Crippen molar-refractivity contribution in [3.05, 3.63) is 50.9 Å². The molecular formula is C13H7BrCl2F3NO3S. The van der Waals surface area contributed by atoms with Gasteiger partial charge in [-0.1, -0.05) is 23.2 Å². The summed E-state index contributed by atoms with van der Waals surface area (Å²) in [6.45, 7) is 0. The van der Waals surface area contributed by atoms with Crippen LogP contribution in [0.15, 0.2) is 40.9 Å². The van der Waals surface area contributed by atoms with Crippen molar-refractivity contribution < 1.29 is 26.3 Å². The van der Waals surface area contributed by atoms with Crippen LogP contribution in [0.5, 0.6) is 11.5 Å². The summed E-state index contributed by atoms with van der Waals surface area (Å²) >= 11 is 14.7. The second-order valence-corrected chi connectivity index (χ2v) is 7.72. The molecule has 0 unspecified atom stereocenters. The largest absolute Gasteiger partial charge is 0.516 e. The number of sulfonamides is 1. The molecule has 0 saturated carbocycles. The van der Waals surface area contributed by atoms with Crippen molar-refractivity contribution in [2.75, 3.05) is 4.72 Å². The van der Waals surface area contributed by atoms with Gasteiger partial charge in [0.05, 0.1) is 20.2 Å². The molecule has 11 heteroatoms. The molecule has 0 amide bonds. The van der Waals surface area contributed by atoms with E-state index in [-0.39, 0.29) is 20.9 Å². The van der Waals surface area contributed by atoms with Crippen LogP contribution in [-0.2, 0) is 10.0 Å². The van der Waals surface area contributed by atoms with Gasteiger partial charge in [-0.2, -0.15) is 21.6 Å². The van der Waals surface area contributed by atoms with Gasteiger partial charge in [0, 0.05) is 6.07 Å². The number of alkyl halides is 3. The Morgan fingerprint density at radius 3 is 2.25 bits per heavy atom. The van der Waals surface area contributed by atoms with Crippen molar-refractivity contribution in [1.82, 2.24) is 0 Å². The lowest BCUT2D eigenvalue weighted by molar-refractivity contribution is -0.0429. The number of benzene rings is 2. The molecule has 0 aromatic heterocycles. The number of hydrogen-bond donors (Lipinski definition) is 1. The summed E-state index contributed by atoms with van der Waals surface area (Å²) in [6, 6.07) is 8.06. The maximum Gasteiger partial charge on any atom is 0.516 e. The SMILES string of the molecule is O=S(=O)(Nc1ccc(Oc2ccc(Cl)c(Cl)c2)c(Br)c1)C(F)(F)F. The lowest BCUT2D eigenvalue weighted by Crippen LogP contribution is -2.29. The maximum absolute atomic E-state index is 12.3. The maximum atomic E-state index is 12.3. The number of hydrogen-bond acceptors (Lipinski definition) is 3. The van der Waals surface area contributed by atoms with Gasteiger partial charge in [0.15, 0.2) is 0 Å². The molecule has 1 N–H and O–H groups in total. The van der Waals surface area contributed by atoms with Gasteiger partial charge in [-0.15, -0.1) is 0 Å². The van der Waals surface area contributed by atoms with Crippen molar-refractivity contribution in [3.8, 4) is 11.5 Å². The third-order valence-corrected chi connectivity index (χ3v) is 5.08. The van der Waals surface area contributed by atoms with Gasteiger partial charge in [-0.3, -0.25) is 4.72 Å². The molecule has 4 nitrogen and oxygen atoms in total. The molecule has 2 aromatic rings. The monoisotopic (exact) mass is 463 g/mol. The van der Waals surface area contributed by atoms with Gasteiger partial charge in [0.25, 0.3) is 0 Å². The Labute approximate surface area is 153 Å². The quantitative estimate of drug-likeness (QED) is 0.621. The summed E-state index contributed by atoms with van der Waals surface area (Å²) in [7, 11) is -5.49. The third-order valence-electron chi connectivity index (χ3n) is 2.61. The summed E-state index contributed by atoms with van der Waals surface area (Å²) in [5.41, 5.74) is -5.69. The first kappa shape index (κ1) is 19.2. The van der Waals surface area contributed by atoms with E-state index in [4.69, 9.17) is 27.9 Å². The lowest BCUT2D eigenvalue weighted by atomic mass is 10.3. The summed E-state index contributed by atoms with van der Waals surface area (Å²) in [4.78, 5) is 0. The van der Waals surface area contributed by atoms with Crippen LogP contribution in [0.1, 0.15) is 0 Å². The topological polar surface area (TPSA) is 55.4 Å². The van der Waals surface area contributed by atoms with E-state index in [1.54, 1.807) is 6.07 Å². The normalized spacial score (nSPS) is 12.1. The van der Waals surface area contributed by atoms with Gasteiger partial charge in [-0.25, -0.2) is 0 Å². The van der Waals surface area contributed by atoms with Crippen molar-refractivity contribution in [3.63, 3.8) is 0 Å². The third kappa shape index (κ3) is 4.47. The van der Waals surface area contributed by atoms with Gasteiger partial charge < -0.3 is 4.74 Å². The van der Waals surface area contributed by atoms with E-state index < -0.39 is 15.5 Å². The fourth-order valence-corrected chi connectivity index (χ4v) is 2.83. The van der Waals surface area contributed by atoms with Crippen LogP contribution in [-0.4, -0.2) is 13.9 Å². The molecule has 0 radical (unpaired) electrons. The number of ether oxygens (including phenoxy) is 1. The van der Waals surface area contributed by atoms with E-state index >= 15 is 0 Å². The van der Waals surface area contributed by atoms with Crippen LogP contribution in [0.25, 0.3) is 0 Å². The molecule has 24 heavy (non-hydrogen) atoms. The van der Waals surface area contributed by atoms with Gasteiger partial charge >= 0.3 is 15.5 Å². The first-order valence-corrected chi connectivity index (χ1v) is 9.04. The summed E-state index contributed by atoms with van der Waals surface area (Å²) < 4.78 is 66.3. The summed E-state index contributed by atoms with van der Waals surface area (Å²) in [6.07, 6.45) is 0. The highest BCUT2D eigenvalue weighted by molar-refractivity contribution is 9.10.